The number of aliphatic hydroxyl groups excluding tert-OH is 1. The van der Waals surface area contributed by atoms with Crippen molar-refractivity contribution < 1.29 is 9.90 Å². The summed E-state index contributed by atoms with van der Waals surface area (Å²) < 4.78 is 0. The number of fused-ring (bicyclic) bond motifs is 1. The van der Waals surface area contributed by atoms with E-state index in [9.17, 15) is 9.90 Å². The molecule has 146 valence electrons. The van der Waals surface area contributed by atoms with Crippen molar-refractivity contribution in [1.29, 1.82) is 0 Å². The molecule has 0 aromatic carbocycles. The van der Waals surface area contributed by atoms with Crippen molar-refractivity contribution in [3.8, 4) is 0 Å². The molecule has 0 aliphatic heterocycles. The molecule has 3 nitrogen and oxygen atoms in total. The van der Waals surface area contributed by atoms with Gasteiger partial charge in [0.05, 0.1) is 6.10 Å². The molecular formula is C22H41NO2. The Bertz CT molecular complexity index is 455. The lowest BCUT2D eigenvalue weighted by molar-refractivity contribution is -0.140. The Morgan fingerprint density at radius 2 is 1.96 bits per heavy atom. The SMILES string of the molecule is CCCCCC1CC2CCC(C)(CN(C)C(=O)C(C)(C)C)CC2[C@@H]1O. The number of hydrogen-bond donors (Lipinski definition) is 1. The minimum atomic E-state index is -0.320. The summed E-state index contributed by atoms with van der Waals surface area (Å²) >= 11 is 0. The average Bonchev–Trinajstić information content (AvgIpc) is 2.81. The van der Waals surface area contributed by atoms with E-state index in [1.165, 1.54) is 44.9 Å². The van der Waals surface area contributed by atoms with Gasteiger partial charge >= 0.3 is 0 Å². The lowest BCUT2D eigenvalue weighted by Gasteiger charge is -2.43. The molecule has 2 rings (SSSR count). The molecule has 0 radical (unpaired) electrons. The molecule has 2 saturated carbocycles. The Morgan fingerprint density at radius 1 is 1.28 bits per heavy atom. The van der Waals surface area contributed by atoms with Crippen LogP contribution in [0.3, 0.4) is 0 Å². The van der Waals surface area contributed by atoms with Crippen LogP contribution in [-0.2, 0) is 4.79 Å². The zero-order valence-electron chi connectivity index (χ0n) is 17.5. The maximum atomic E-state index is 12.5. The van der Waals surface area contributed by atoms with Crippen LogP contribution in [0.5, 0.6) is 0 Å². The first-order chi connectivity index (χ1) is 11.6. The topological polar surface area (TPSA) is 40.5 Å². The molecule has 0 saturated heterocycles. The van der Waals surface area contributed by atoms with Crippen LogP contribution < -0.4 is 0 Å². The fraction of sp³-hybridized carbons (Fsp3) is 0.955. The molecule has 2 fully saturated rings. The van der Waals surface area contributed by atoms with Crippen molar-refractivity contribution in [2.24, 2.45) is 28.6 Å². The predicted molar refractivity (Wildman–Crippen MR) is 104 cm³/mol. The van der Waals surface area contributed by atoms with Gasteiger partial charge in [-0.25, -0.2) is 0 Å². The quantitative estimate of drug-likeness (QED) is 0.693. The van der Waals surface area contributed by atoms with Crippen molar-refractivity contribution in [2.75, 3.05) is 13.6 Å². The van der Waals surface area contributed by atoms with E-state index in [2.05, 4.69) is 13.8 Å². The van der Waals surface area contributed by atoms with E-state index < -0.39 is 0 Å². The van der Waals surface area contributed by atoms with E-state index in [-0.39, 0.29) is 22.8 Å². The number of carbonyl (C=O) groups excluding carboxylic acids is 1. The molecule has 4 unspecified atom stereocenters. The number of aliphatic hydroxyl groups is 1. The minimum absolute atomic E-state index is 0.120. The van der Waals surface area contributed by atoms with E-state index in [0.29, 0.717) is 17.8 Å². The van der Waals surface area contributed by atoms with Crippen LogP contribution >= 0.6 is 0 Å². The molecule has 0 spiro atoms. The van der Waals surface area contributed by atoms with Crippen molar-refractivity contribution in [1.82, 2.24) is 4.90 Å². The first-order valence-electron chi connectivity index (χ1n) is 10.5. The molecule has 1 amide bonds. The molecular weight excluding hydrogens is 310 g/mol. The van der Waals surface area contributed by atoms with E-state index in [1.807, 2.05) is 32.7 Å². The van der Waals surface area contributed by atoms with Crippen molar-refractivity contribution in [3.63, 3.8) is 0 Å². The van der Waals surface area contributed by atoms with Gasteiger partial charge in [-0.3, -0.25) is 4.79 Å². The second kappa shape index (κ2) is 7.98. The number of carbonyl (C=O) groups is 1. The molecule has 0 aromatic rings. The lowest BCUT2D eigenvalue weighted by atomic mass is 9.66. The largest absolute Gasteiger partial charge is 0.393 e. The third-order valence-corrected chi connectivity index (χ3v) is 6.77. The van der Waals surface area contributed by atoms with Gasteiger partial charge in [0, 0.05) is 19.0 Å². The van der Waals surface area contributed by atoms with Gasteiger partial charge in [0.2, 0.25) is 5.91 Å². The molecule has 5 atom stereocenters. The van der Waals surface area contributed by atoms with Crippen LogP contribution in [0, 0.1) is 28.6 Å². The Labute approximate surface area is 155 Å². The molecule has 3 heteroatoms. The summed E-state index contributed by atoms with van der Waals surface area (Å²) in [7, 11) is 1.95. The van der Waals surface area contributed by atoms with Gasteiger partial charge in [-0.15, -0.1) is 0 Å². The van der Waals surface area contributed by atoms with Crippen molar-refractivity contribution in [3.05, 3.63) is 0 Å². The smallest absolute Gasteiger partial charge is 0.227 e. The fourth-order valence-electron chi connectivity index (χ4n) is 5.46. The first kappa shape index (κ1) is 20.7. The molecule has 2 aliphatic carbocycles. The number of amides is 1. The van der Waals surface area contributed by atoms with Crippen LogP contribution in [-0.4, -0.2) is 35.6 Å². The Hall–Kier alpha value is -0.570. The van der Waals surface area contributed by atoms with Gasteiger partial charge in [-0.1, -0.05) is 53.9 Å². The summed E-state index contributed by atoms with van der Waals surface area (Å²) in [5.41, 5.74) is -0.171. The van der Waals surface area contributed by atoms with E-state index in [0.717, 1.165) is 13.0 Å². The van der Waals surface area contributed by atoms with E-state index in [4.69, 9.17) is 0 Å². The zero-order valence-corrected chi connectivity index (χ0v) is 17.5. The molecule has 0 aromatic heterocycles. The Kier molecular flexibility index (Phi) is 6.62. The highest BCUT2D eigenvalue weighted by molar-refractivity contribution is 5.81. The standard InChI is InChI=1S/C22H41NO2/c1-7-8-9-10-17-13-16-11-12-22(5,14-18(16)19(17)24)15-23(6)20(25)21(2,3)4/h16-19,24H,7-15H2,1-6H3/t16?,17?,18?,19-,22?/m1/s1. The molecule has 0 bridgehead atoms. The maximum absolute atomic E-state index is 12.5. The predicted octanol–water partition coefficient (Wildman–Crippen LogP) is 4.87. The molecule has 1 N–H and O–H groups in total. The summed E-state index contributed by atoms with van der Waals surface area (Å²) in [6.07, 6.45) is 9.58. The summed E-state index contributed by atoms with van der Waals surface area (Å²) in [4.78, 5) is 14.5. The first-order valence-corrected chi connectivity index (χ1v) is 10.5. The fourth-order valence-corrected chi connectivity index (χ4v) is 5.46. The Balaban J connectivity index is 1.95. The van der Waals surface area contributed by atoms with Crippen LogP contribution in [0.2, 0.25) is 0 Å². The van der Waals surface area contributed by atoms with Crippen LogP contribution in [0.1, 0.15) is 86.0 Å². The zero-order chi connectivity index (χ0) is 18.8. The van der Waals surface area contributed by atoms with Gasteiger partial charge in [0.15, 0.2) is 0 Å². The Morgan fingerprint density at radius 3 is 2.56 bits per heavy atom. The monoisotopic (exact) mass is 351 g/mol. The maximum Gasteiger partial charge on any atom is 0.227 e. The van der Waals surface area contributed by atoms with E-state index in [1.54, 1.807) is 0 Å². The number of unbranched alkanes of at least 4 members (excludes halogenated alkanes) is 2. The van der Waals surface area contributed by atoms with Crippen molar-refractivity contribution in [2.45, 2.75) is 92.1 Å². The molecule has 2 aliphatic rings. The average molecular weight is 352 g/mol. The molecule has 0 heterocycles. The van der Waals surface area contributed by atoms with Gasteiger partial charge < -0.3 is 10.0 Å². The second-order valence-electron chi connectivity index (χ2n) is 10.4. The third-order valence-electron chi connectivity index (χ3n) is 6.77. The van der Waals surface area contributed by atoms with Gasteiger partial charge in [0.1, 0.15) is 0 Å². The highest BCUT2D eigenvalue weighted by atomic mass is 16.3. The van der Waals surface area contributed by atoms with Gasteiger partial charge in [-0.05, 0) is 55.3 Å². The van der Waals surface area contributed by atoms with Gasteiger partial charge in [0.25, 0.3) is 0 Å². The lowest BCUT2D eigenvalue weighted by Crippen LogP contribution is -2.45. The highest BCUT2D eigenvalue weighted by Crippen LogP contribution is 2.52. The van der Waals surface area contributed by atoms with E-state index >= 15 is 0 Å². The second-order valence-corrected chi connectivity index (χ2v) is 10.4. The van der Waals surface area contributed by atoms with Crippen LogP contribution in [0.15, 0.2) is 0 Å². The summed E-state index contributed by atoms with van der Waals surface area (Å²) in [6.45, 7) is 11.4. The van der Waals surface area contributed by atoms with Gasteiger partial charge in [-0.2, -0.15) is 0 Å². The molecule has 25 heavy (non-hydrogen) atoms. The third kappa shape index (κ3) is 4.99. The summed E-state index contributed by atoms with van der Waals surface area (Å²) in [5.74, 6) is 1.89. The number of nitrogens with zero attached hydrogens (tertiary/aromatic N) is 1. The van der Waals surface area contributed by atoms with Crippen LogP contribution in [0.25, 0.3) is 0 Å². The van der Waals surface area contributed by atoms with Crippen LogP contribution in [0.4, 0.5) is 0 Å². The van der Waals surface area contributed by atoms with Crippen molar-refractivity contribution >= 4 is 5.91 Å². The summed E-state index contributed by atoms with van der Waals surface area (Å²) in [5, 5.41) is 10.9. The number of rotatable bonds is 6. The normalized spacial score (nSPS) is 35.5. The minimum Gasteiger partial charge on any atom is -0.393 e. The highest BCUT2D eigenvalue weighted by Gasteiger charge is 2.48. The number of hydrogen-bond acceptors (Lipinski definition) is 2. The summed E-state index contributed by atoms with van der Waals surface area (Å²) in [6, 6.07) is 0.